The van der Waals surface area contributed by atoms with Gasteiger partial charge in [0.15, 0.2) is 6.04 Å². The third-order valence-corrected chi connectivity index (χ3v) is 4.64. The number of nitrogens with zero attached hydrogens (tertiary/aromatic N) is 1. The summed E-state index contributed by atoms with van der Waals surface area (Å²) >= 11 is 3.44. The van der Waals surface area contributed by atoms with Gasteiger partial charge in [-0.15, -0.1) is 0 Å². The average Bonchev–Trinajstić information content (AvgIpc) is 2.99. The maximum Gasteiger partial charge on any atom is 0.331 e. The van der Waals surface area contributed by atoms with Crippen LogP contribution in [0.3, 0.4) is 0 Å². The Morgan fingerprint density at radius 2 is 1.84 bits per heavy atom. The number of likely N-dealkylation sites (N-methyl/N-ethyl adjacent to an activating group) is 1. The Kier molecular flexibility index (Phi) is 4.63. The summed E-state index contributed by atoms with van der Waals surface area (Å²) in [5.41, 5.74) is 2.79. The van der Waals surface area contributed by atoms with Crippen LogP contribution in [0, 0.1) is 6.92 Å². The highest BCUT2D eigenvalue weighted by Crippen LogP contribution is 2.27. The molecule has 2 aromatic carbocycles. The van der Waals surface area contributed by atoms with Gasteiger partial charge in [0.05, 0.1) is 0 Å². The fourth-order valence-electron chi connectivity index (χ4n) is 2.97. The Bertz CT molecular complexity index is 950. The van der Waals surface area contributed by atoms with Crippen molar-refractivity contribution in [1.82, 2.24) is 9.88 Å². The van der Waals surface area contributed by atoms with Gasteiger partial charge in [-0.25, -0.2) is 4.79 Å². The van der Waals surface area contributed by atoms with E-state index in [2.05, 4.69) is 20.9 Å². The fraction of sp³-hybridized carbons (Fsp3) is 0.158. The van der Waals surface area contributed by atoms with E-state index in [4.69, 9.17) is 0 Å². The van der Waals surface area contributed by atoms with Crippen molar-refractivity contribution in [3.63, 3.8) is 0 Å². The summed E-state index contributed by atoms with van der Waals surface area (Å²) in [6, 6.07) is 13.3. The Hall–Kier alpha value is -2.60. The summed E-state index contributed by atoms with van der Waals surface area (Å²) in [4.78, 5) is 28.9. The summed E-state index contributed by atoms with van der Waals surface area (Å²) in [6.45, 7) is 1.95. The molecule has 0 aliphatic carbocycles. The third-order valence-electron chi connectivity index (χ3n) is 4.18. The Balaban J connectivity index is 1.99. The van der Waals surface area contributed by atoms with E-state index < -0.39 is 12.0 Å². The van der Waals surface area contributed by atoms with Crippen molar-refractivity contribution in [1.29, 1.82) is 0 Å². The van der Waals surface area contributed by atoms with Gasteiger partial charge in [-0.05, 0) is 36.2 Å². The standard InChI is InChI=1S/C19H17BrN2O3/c1-11-8-14(20)9-13-10-15(21-16(11)13)18(23)22(2)17(19(24)25)12-6-4-3-5-7-12/h3-10,17,21H,1-2H3,(H,24,25). The molecule has 0 fully saturated rings. The van der Waals surface area contributed by atoms with Gasteiger partial charge in [-0.3, -0.25) is 4.79 Å². The lowest BCUT2D eigenvalue weighted by molar-refractivity contribution is -0.142. The van der Waals surface area contributed by atoms with Crippen LogP contribution in [0.5, 0.6) is 0 Å². The number of aromatic amines is 1. The zero-order valence-corrected chi connectivity index (χ0v) is 15.4. The topological polar surface area (TPSA) is 73.4 Å². The van der Waals surface area contributed by atoms with Crippen LogP contribution in [-0.4, -0.2) is 33.9 Å². The molecule has 5 nitrogen and oxygen atoms in total. The monoisotopic (exact) mass is 400 g/mol. The van der Waals surface area contributed by atoms with Crippen molar-refractivity contribution in [2.75, 3.05) is 7.05 Å². The van der Waals surface area contributed by atoms with Gasteiger partial charge in [0.25, 0.3) is 5.91 Å². The molecule has 0 radical (unpaired) electrons. The number of benzene rings is 2. The molecule has 1 aromatic heterocycles. The van der Waals surface area contributed by atoms with E-state index in [1.807, 2.05) is 25.1 Å². The molecule has 0 bridgehead atoms. The molecule has 0 spiro atoms. The predicted octanol–water partition coefficient (Wildman–Crippen LogP) is 4.14. The molecule has 3 rings (SSSR count). The van der Waals surface area contributed by atoms with Crippen LogP contribution in [0.1, 0.15) is 27.7 Å². The second-order valence-electron chi connectivity index (χ2n) is 5.94. The number of hydrogen-bond acceptors (Lipinski definition) is 2. The number of H-pyrrole nitrogens is 1. The van der Waals surface area contributed by atoms with E-state index >= 15 is 0 Å². The van der Waals surface area contributed by atoms with Crippen LogP contribution in [0.4, 0.5) is 0 Å². The van der Waals surface area contributed by atoms with Crippen molar-refractivity contribution in [2.24, 2.45) is 0 Å². The van der Waals surface area contributed by atoms with Crippen LogP contribution in [0.15, 0.2) is 53.0 Å². The zero-order valence-electron chi connectivity index (χ0n) is 13.8. The van der Waals surface area contributed by atoms with Crippen molar-refractivity contribution in [3.8, 4) is 0 Å². The summed E-state index contributed by atoms with van der Waals surface area (Å²) in [5, 5.41) is 10.5. The number of carboxylic acid groups (broad SMARTS) is 1. The number of rotatable bonds is 4. The Labute approximate surface area is 153 Å². The number of aromatic nitrogens is 1. The molecule has 0 saturated heterocycles. The van der Waals surface area contributed by atoms with Crippen LogP contribution in [0.25, 0.3) is 10.9 Å². The van der Waals surface area contributed by atoms with Crippen molar-refractivity contribution in [2.45, 2.75) is 13.0 Å². The van der Waals surface area contributed by atoms with Gasteiger partial charge in [-0.2, -0.15) is 0 Å². The molecule has 2 N–H and O–H groups in total. The summed E-state index contributed by atoms with van der Waals surface area (Å²) in [5.74, 6) is -1.44. The van der Waals surface area contributed by atoms with Gasteiger partial charge < -0.3 is 15.0 Å². The lowest BCUT2D eigenvalue weighted by Crippen LogP contribution is -2.36. The molecule has 0 aliphatic rings. The summed E-state index contributed by atoms with van der Waals surface area (Å²) in [7, 11) is 1.50. The summed E-state index contributed by atoms with van der Waals surface area (Å²) < 4.78 is 0.927. The molecule has 6 heteroatoms. The van der Waals surface area contributed by atoms with Crippen LogP contribution >= 0.6 is 15.9 Å². The first-order valence-corrected chi connectivity index (χ1v) is 8.51. The Morgan fingerprint density at radius 3 is 2.48 bits per heavy atom. The van der Waals surface area contributed by atoms with Gasteiger partial charge in [0.1, 0.15) is 5.69 Å². The minimum atomic E-state index is -1.07. The van der Waals surface area contributed by atoms with E-state index in [0.29, 0.717) is 11.3 Å². The Morgan fingerprint density at radius 1 is 1.16 bits per heavy atom. The summed E-state index contributed by atoms with van der Waals surface area (Å²) in [6.07, 6.45) is 0. The van der Waals surface area contributed by atoms with Crippen molar-refractivity contribution in [3.05, 3.63) is 69.8 Å². The molecule has 1 unspecified atom stereocenters. The average molecular weight is 401 g/mol. The lowest BCUT2D eigenvalue weighted by atomic mass is 10.1. The minimum Gasteiger partial charge on any atom is -0.479 e. The zero-order chi connectivity index (χ0) is 18.1. The first-order valence-electron chi connectivity index (χ1n) is 7.72. The van der Waals surface area contributed by atoms with Crippen LogP contribution in [0.2, 0.25) is 0 Å². The second-order valence-corrected chi connectivity index (χ2v) is 6.85. The van der Waals surface area contributed by atoms with E-state index in [1.165, 1.54) is 11.9 Å². The first kappa shape index (κ1) is 17.2. The number of carbonyl (C=O) groups excluding carboxylic acids is 1. The predicted molar refractivity (Wildman–Crippen MR) is 99.6 cm³/mol. The van der Waals surface area contributed by atoms with Crippen molar-refractivity contribution < 1.29 is 14.7 Å². The number of carbonyl (C=O) groups is 2. The quantitative estimate of drug-likeness (QED) is 0.690. The highest BCUT2D eigenvalue weighted by Gasteiger charge is 2.29. The molecular weight excluding hydrogens is 384 g/mol. The van der Waals surface area contributed by atoms with Crippen molar-refractivity contribution >= 4 is 38.7 Å². The number of nitrogens with one attached hydrogen (secondary N) is 1. The molecule has 3 aromatic rings. The number of aryl methyl sites for hydroxylation is 1. The number of aliphatic carboxylic acids is 1. The molecule has 1 heterocycles. The molecular formula is C19H17BrN2O3. The molecule has 25 heavy (non-hydrogen) atoms. The maximum atomic E-state index is 12.8. The fourth-order valence-corrected chi connectivity index (χ4v) is 3.56. The lowest BCUT2D eigenvalue weighted by Gasteiger charge is -2.24. The first-order chi connectivity index (χ1) is 11.9. The molecule has 1 amide bonds. The van der Waals surface area contributed by atoms with E-state index in [-0.39, 0.29) is 5.91 Å². The van der Waals surface area contributed by atoms with Crippen LogP contribution in [-0.2, 0) is 4.79 Å². The van der Waals surface area contributed by atoms with Gasteiger partial charge in [-0.1, -0.05) is 46.3 Å². The number of fused-ring (bicyclic) bond motifs is 1. The van der Waals surface area contributed by atoms with E-state index in [1.54, 1.807) is 30.3 Å². The maximum absolute atomic E-state index is 12.8. The number of amides is 1. The number of halogens is 1. The minimum absolute atomic E-state index is 0.362. The largest absolute Gasteiger partial charge is 0.479 e. The van der Waals surface area contributed by atoms with E-state index in [0.717, 1.165) is 20.9 Å². The highest BCUT2D eigenvalue weighted by molar-refractivity contribution is 9.10. The molecule has 0 saturated carbocycles. The van der Waals surface area contributed by atoms with Gasteiger partial charge in [0, 0.05) is 22.4 Å². The number of hydrogen-bond donors (Lipinski definition) is 2. The smallest absolute Gasteiger partial charge is 0.331 e. The third kappa shape index (κ3) is 3.30. The van der Waals surface area contributed by atoms with Gasteiger partial charge >= 0.3 is 5.97 Å². The van der Waals surface area contributed by atoms with Crippen LogP contribution < -0.4 is 0 Å². The molecule has 128 valence electrons. The normalized spacial score (nSPS) is 12.1. The second kappa shape index (κ2) is 6.72. The number of carboxylic acids is 1. The SMILES string of the molecule is Cc1cc(Br)cc2cc(C(=O)N(C)C(C(=O)O)c3ccccc3)[nH]c12. The van der Waals surface area contributed by atoms with E-state index in [9.17, 15) is 14.7 Å². The highest BCUT2D eigenvalue weighted by atomic mass is 79.9. The molecule has 1 atom stereocenters. The van der Waals surface area contributed by atoms with Gasteiger partial charge in [0.2, 0.25) is 0 Å². The molecule has 0 aliphatic heterocycles.